The topological polar surface area (TPSA) is 80.3 Å². The largest absolute Gasteiger partial charge is 0.332 e. The van der Waals surface area contributed by atoms with Crippen LogP contribution in [0.5, 0.6) is 0 Å². The van der Waals surface area contributed by atoms with Gasteiger partial charge in [0.15, 0.2) is 0 Å². The van der Waals surface area contributed by atoms with Gasteiger partial charge in [-0.25, -0.2) is 13.1 Å². The molecular weight excluding hydrogens is 341 g/mol. The van der Waals surface area contributed by atoms with Crippen LogP contribution in [0.3, 0.4) is 0 Å². The van der Waals surface area contributed by atoms with E-state index in [2.05, 4.69) is 18.6 Å². The van der Waals surface area contributed by atoms with Crippen LogP contribution in [-0.2, 0) is 20.2 Å². The Kier molecular flexibility index (Phi) is 5.48. The van der Waals surface area contributed by atoms with Gasteiger partial charge in [-0.05, 0) is 48.9 Å². The summed E-state index contributed by atoms with van der Waals surface area (Å²) in [6.45, 7) is 4.27. The minimum atomic E-state index is -4.82. The maximum Gasteiger partial charge on any atom is 0.332 e. The predicted octanol–water partition coefficient (Wildman–Crippen LogP) is 2.84. The normalized spacial score (nSPS) is 23.1. The quantitative estimate of drug-likeness (QED) is 0.816. The molecule has 2 atom stereocenters. The van der Waals surface area contributed by atoms with E-state index in [4.69, 9.17) is 0 Å². The summed E-state index contributed by atoms with van der Waals surface area (Å²) in [5.74, 6) is 1.01. The standard InChI is InChI=1S/C15H22FNO4S2/c1-11(2)12-4-3-5-13(10-12)17-23(20,21)15-8-6-14(7-9-15)22(16,18)19/h6-9,11-13,17H,3-5,10H2,1-2H3. The molecule has 0 bridgehead atoms. The highest BCUT2D eigenvalue weighted by molar-refractivity contribution is 7.89. The maximum absolute atomic E-state index is 12.8. The van der Waals surface area contributed by atoms with Crippen molar-refractivity contribution in [2.75, 3.05) is 0 Å². The monoisotopic (exact) mass is 363 g/mol. The van der Waals surface area contributed by atoms with E-state index < -0.39 is 25.1 Å². The van der Waals surface area contributed by atoms with Crippen LogP contribution < -0.4 is 4.72 Å². The minimum absolute atomic E-state index is 0.0587. The molecule has 1 aliphatic carbocycles. The second kappa shape index (κ2) is 6.86. The molecule has 1 aliphatic rings. The van der Waals surface area contributed by atoms with Gasteiger partial charge in [-0.2, -0.15) is 8.42 Å². The van der Waals surface area contributed by atoms with Crippen LogP contribution in [0.2, 0.25) is 0 Å². The fourth-order valence-electron chi connectivity index (χ4n) is 3.01. The predicted molar refractivity (Wildman–Crippen MR) is 85.6 cm³/mol. The van der Waals surface area contributed by atoms with Crippen LogP contribution in [0.1, 0.15) is 39.5 Å². The Bertz CT molecular complexity index is 742. The van der Waals surface area contributed by atoms with Gasteiger partial charge in [-0.1, -0.05) is 26.7 Å². The van der Waals surface area contributed by atoms with Crippen LogP contribution in [0.4, 0.5) is 3.89 Å². The van der Waals surface area contributed by atoms with Gasteiger partial charge in [-0.3, -0.25) is 0 Å². The Balaban J connectivity index is 2.12. The Labute approximate surface area is 137 Å². The average Bonchev–Trinajstić information content (AvgIpc) is 2.46. The number of nitrogens with one attached hydrogen (secondary N) is 1. The third-order valence-electron chi connectivity index (χ3n) is 4.39. The molecule has 0 heterocycles. The van der Waals surface area contributed by atoms with Crippen molar-refractivity contribution >= 4 is 20.2 Å². The molecule has 23 heavy (non-hydrogen) atoms. The zero-order valence-electron chi connectivity index (χ0n) is 13.2. The number of benzene rings is 1. The lowest BCUT2D eigenvalue weighted by molar-refractivity contribution is 0.246. The summed E-state index contributed by atoms with van der Waals surface area (Å²) in [5, 5.41) is 0. The molecule has 1 aromatic rings. The van der Waals surface area contributed by atoms with Gasteiger partial charge in [0.25, 0.3) is 0 Å². The van der Waals surface area contributed by atoms with E-state index >= 15 is 0 Å². The molecule has 1 saturated carbocycles. The molecule has 0 saturated heterocycles. The van der Waals surface area contributed by atoms with Gasteiger partial charge < -0.3 is 0 Å². The molecule has 0 aromatic heterocycles. The van der Waals surface area contributed by atoms with Crippen molar-refractivity contribution in [2.45, 2.75) is 55.4 Å². The van der Waals surface area contributed by atoms with Crippen molar-refractivity contribution < 1.29 is 20.7 Å². The number of hydrogen-bond acceptors (Lipinski definition) is 4. The summed E-state index contributed by atoms with van der Waals surface area (Å²) in [6.07, 6.45) is 3.68. The van der Waals surface area contributed by atoms with Crippen molar-refractivity contribution in [3.8, 4) is 0 Å². The fourth-order valence-corrected chi connectivity index (χ4v) is 4.75. The minimum Gasteiger partial charge on any atom is -0.208 e. The first-order valence-electron chi connectivity index (χ1n) is 7.66. The van der Waals surface area contributed by atoms with Crippen molar-refractivity contribution in [1.29, 1.82) is 0 Å². The fraction of sp³-hybridized carbons (Fsp3) is 0.600. The van der Waals surface area contributed by atoms with Crippen LogP contribution in [-0.4, -0.2) is 22.9 Å². The molecule has 0 aliphatic heterocycles. The van der Waals surface area contributed by atoms with Crippen LogP contribution in [0, 0.1) is 11.8 Å². The van der Waals surface area contributed by atoms with Crippen LogP contribution in [0.25, 0.3) is 0 Å². The molecular formula is C15H22FNO4S2. The number of sulfonamides is 1. The summed E-state index contributed by atoms with van der Waals surface area (Å²) >= 11 is 0. The molecule has 0 spiro atoms. The summed E-state index contributed by atoms with van der Waals surface area (Å²) in [4.78, 5) is -0.606. The van der Waals surface area contributed by atoms with Crippen molar-refractivity contribution in [3.05, 3.63) is 24.3 Å². The molecule has 8 heteroatoms. The first kappa shape index (κ1) is 18.4. The Morgan fingerprint density at radius 2 is 1.61 bits per heavy atom. The van der Waals surface area contributed by atoms with Crippen LogP contribution >= 0.6 is 0 Å². The molecule has 0 radical (unpaired) electrons. The first-order valence-corrected chi connectivity index (χ1v) is 10.5. The number of hydrogen-bond donors (Lipinski definition) is 1. The third kappa shape index (κ3) is 4.74. The molecule has 1 aromatic carbocycles. The first-order chi connectivity index (χ1) is 10.6. The second-order valence-electron chi connectivity index (χ2n) is 6.40. The lowest BCUT2D eigenvalue weighted by Crippen LogP contribution is -2.39. The molecule has 2 unspecified atom stereocenters. The zero-order chi connectivity index (χ0) is 17.3. The van der Waals surface area contributed by atoms with E-state index in [-0.39, 0.29) is 10.9 Å². The van der Waals surface area contributed by atoms with Gasteiger partial charge in [0.05, 0.1) is 9.79 Å². The second-order valence-corrected chi connectivity index (χ2v) is 9.46. The molecule has 2 rings (SSSR count). The van der Waals surface area contributed by atoms with Gasteiger partial charge in [0, 0.05) is 6.04 Å². The molecule has 1 N–H and O–H groups in total. The van der Waals surface area contributed by atoms with E-state index in [9.17, 15) is 20.7 Å². The number of halogens is 1. The van der Waals surface area contributed by atoms with Crippen LogP contribution in [0.15, 0.2) is 34.1 Å². The molecule has 0 amide bonds. The molecule has 1 fully saturated rings. The summed E-state index contributed by atoms with van der Waals surface area (Å²) < 4.78 is 61.9. The van der Waals surface area contributed by atoms with E-state index in [1.165, 1.54) is 0 Å². The third-order valence-corrected chi connectivity index (χ3v) is 6.77. The summed E-state index contributed by atoms with van der Waals surface area (Å²) in [6, 6.07) is 4.02. The van der Waals surface area contributed by atoms with Gasteiger partial charge in [0.1, 0.15) is 0 Å². The highest BCUT2D eigenvalue weighted by atomic mass is 32.3. The Morgan fingerprint density at radius 1 is 1.04 bits per heavy atom. The van der Waals surface area contributed by atoms with Gasteiger partial charge in [0.2, 0.25) is 10.0 Å². The van der Waals surface area contributed by atoms with E-state index in [0.29, 0.717) is 11.8 Å². The highest BCUT2D eigenvalue weighted by Gasteiger charge is 2.28. The zero-order valence-corrected chi connectivity index (χ0v) is 14.8. The van der Waals surface area contributed by atoms with Gasteiger partial charge >= 0.3 is 10.2 Å². The lowest BCUT2D eigenvalue weighted by atomic mass is 9.80. The molecule has 5 nitrogen and oxygen atoms in total. The Hall–Kier alpha value is -0.990. The SMILES string of the molecule is CC(C)C1CCCC(NS(=O)(=O)c2ccc(S(=O)(=O)F)cc2)C1. The van der Waals surface area contributed by atoms with E-state index in [1.807, 2.05) is 0 Å². The lowest BCUT2D eigenvalue weighted by Gasteiger charge is -2.31. The smallest absolute Gasteiger partial charge is 0.208 e. The number of rotatable bonds is 5. The molecule has 130 valence electrons. The van der Waals surface area contributed by atoms with Crippen molar-refractivity contribution in [2.24, 2.45) is 11.8 Å². The summed E-state index contributed by atoms with van der Waals surface area (Å²) in [5.41, 5.74) is 0. The highest BCUT2D eigenvalue weighted by Crippen LogP contribution is 2.30. The van der Waals surface area contributed by atoms with E-state index in [0.717, 1.165) is 49.9 Å². The summed E-state index contributed by atoms with van der Waals surface area (Å²) in [7, 11) is -8.56. The Morgan fingerprint density at radius 3 is 2.13 bits per heavy atom. The van der Waals surface area contributed by atoms with Crippen molar-refractivity contribution in [1.82, 2.24) is 4.72 Å². The maximum atomic E-state index is 12.8. The average molecular weight is 363 g/mol. The van der Waals surface area contributed by atoms with Gasteiger partial charge in [-0.15, -0.1) is 3.89 Å². The van der Waals surface area contributed by atoms with Crippen molar-refractivity contribution in [3.63, 3.8) is 0 Å². The van der Waals surface area contributed by atoms with E-state index in [1.54, 1.807) is 0 Å².